The van der Waals surface area contributed by atoms with E-state index in [0.717, 1.165) is 17.7 Å². The lowest BCUT2D eigenvalue weighted by atomic mass is 10.2. The van der Waals surface area contributed by atoms with Crippen LogP contribution in [0.15, 0.2) is 18.3 Å². The summed E-state index contributed by atoms with van der Waals surface area (Å²) in [4.78, 5) is 4.05. The molecule has 0 saturated heterocycles. The molecule has 3 heteroatoms. The minimum Gasteiger partial charge on any atom is -0.316 e. The number of pyridine rings is 1. The smallest absolute Gasteiger partial charge is 0.131 e. The van der Waals surface area contributed by atoms with Gasteiger partial charge in [-0.05, 0) is 31.2 Å². The number of rotatable bonds is 3. The third-order valence-corrected chi connectivity index (χ3v) is 2.06. The summed E-state index contributed by atoms with van der Waals surface area (Å²) in [5.74, 6) is 0. The Bertz CT molecular complexity index is 308. The van der Waals surface area contributed by atoms with Crippen LogP contribution in [-0.2, 0) is 0 Å². The Kier molecular flexibility index (Phi) is 3.93. The molecule has 0 atom stereocenters. The van der Waals surface area contributed by atoms with Crippen LogP contribution >= 0.6 is 11.6 Å². The van der Waals surface area contributed by atoms with E-state index in [1.54, 1.807) is 6.20 Å². The second-order valence-electron chi connectivity index (χ2n) is 2.84. The van der Waals surface area contributed by atoms with Gasteiger partial charge in [0, 0.05) is 12.7 Å². The van der Waals surface area contributed by atoms with Crippen molar-refractivity contribution in [3.63, 3.8) is 0 Å². The highest BCUT2D eigenvalue weighted by atomic mass is 35.5. The highest BCUT2D eigenvalue weighted by molar-refractivity contribution is 6.30. The molecule has 0 spiro atoms. The quantitative estimate of drug-likeness (QED) is 0.751. The van der Waals surface area contributed by atoms with Gasteiger partial charge in [-0.25, -0.2) is 4.98 Å². The normalized spacial score (nSPS) is 11.0. The summed E-state index contributed by atoms with van der Waals surface area (Å²) in [6.45, 7) is 2.81. The molecule has 13 heavy (non-hydrogen) atoms. The SMILES string of the molecule is CNCC=Cc1cnc(Cl)c(C)c1. The van der Waals surface area contributed by atoms with Crippen molar-refractivity contribution in [3.05, 3.63) is 34.6 Å². The van der Waals surface area contributed by atoms with E-state index in [2.05, 4.69) is 10.3 Å². The number of likely N-dealkylation sites (N-methyl/N-ethyl adjacent to an activating group) is 1. The number of hydrogen-bond donors (Lipinski definition) is 1. The van der Waals surface area contributed by atoms with E-state index in [9.17, 15) is 0 Å². The van der Waals surface area contributed by atoms with Crippen LogP contribution in [0, 0.1) is 6.92 Å². The van der Waals surface area contributed by atoms with Gasteiger partial charge >= 0.3 is 0 Å². The first kappa shape index (κ1) is 10.2. The van der Waals surface area contributed by atoms with Crippen LogP contribution in [0.1, 0.15) is 11.1 Å². The maximum absolute atomic E-state index is 5.79. The molecule has 1 rings (SSSR count). The van der Waals surface area contributed by atoms with E-state index in [1.165, 1.54) is 0 Å². The van der Waals surface area contributed by atoms with Crippen molar-refractivity contribution in [3.8, 4) is 0 Å². The van der Waals surface area contributed by atoms with Gasteiger partial charge in [0.2, 0.25) is 0 Å². The Labute approximate surface area is 83.6 Å². The van der Waals surface area contributed by atoms with Gasteiger partial charge in [-0.3, -0.25) is 0 Å². The Hall–Kier alpha value is -0.860. The van der Waals surface area contributed by atoms with Gasteiger partial charge in [-0.1, -0.05) is 23.8 Å². The zero-order valence-corrected chi connectivity index (χ0v) is 8.60. The zero-order valence-electron chi connectivity index (χ0n) is 7.84. The lowest BCUT2D eigenvalue weighted by Crippen LogP contribution is -2.03. The third-order valence-electron chi connectivity index (χ3n) is 1.67. The van der Waals surface area contributed by atoms with Crippen molar-refractivity contribution < 1.29 is 0 Å². The van der Waals surface area contributed by atoms with Crippen molar-refractivity contribution in [2.75, 3.05) is 13.6 Å². The summed E-state index contributed by atoms with van der Waals surface area (Å²) in [6.07, 6.45) is 5.83. The fourth-order valence-corrected chi connectivity index (χ4v) is 1.09. The average Bonchev–Trinajstić information content (AvgIpc) is 2.12. The summed E-state index contributed by atoms with van der Waals surface area (Å²) in [5, 5.41) is 3.61. The number of aromatic nitrogens is 1. The fourth-order valence-electron chi connectivity index (χ4n) is 0.984. The summed E-state index contributed by atoms with van der Waals surface area (Å²) in [7, 11) is 1.91. The van der Waals surface area contributed by atoms with Crippen molar-refractivity contribution in [2.24, 2.45) is 0 Å². The highest BCUT2D eigenvalue weighted by Crippen LogP contribution is 2.13. The summed E-state index contributed by atoms with van der Waals surface area (Å²) in [6, 6.07) is 2.02. The van der Waals surface area contributed by atoms with E-state index in [0.29, 0.717) is 5.15 Å². The second-order valence-corrected chi connectivity index (χ2v) is 3.19. The number of hydrogen-bond acceptors (Lipinski definition) is 2. The number of halogens is 1. The predicted molar refractivity (Wildman–Crippen MR) is 56.9 cm³/mol. The maximum Gasteiger partial charge on any atom is 0.131 e. The predicted octanol–water partition coefficient (Wildman–Crippen LogP) is 2.28. The zero-order chi connectivity index (χ0) is 9.68. The van der Waals surface area contributed by atoms with Crippen LogP contribution in [0.5, 0.6) is 0 Å². The molecule has 0 aromatic carbocycles. The van der Waals surface area contributed by atoms with E-state index in [-0.39, 0.29) is 0 Å². The van der Waals surface area contributed by atoms with Crippen LogP contribution in [0.25, 0.3) is 6.08 Å². The van der Waals surface area contributed by atoms with Crippen molar-refractivity contribution in [1.29, 1.82) is 0 Å². The van der Waals surface area contributed by atoms with Gasteiger partial charge in [-0.2, -0.15) is 0 Å². The van der Waals surface area contributed by atoms with Gasteiger partial charge in [0.25, 0.3) is 0 Å². The first-order valence-corrected chi connectivity index (χ1v) is 4.55. The first-order valence-electron chi connectivity index (χ1n) is 4.17. The summed E-state index contributed by atoms with van der Waals surface area (Å²) >= 11 is 5.79. The molecule has 0 amide bonds. The minimum absolute atomic E-state index is 0.575. The van der Waals surface area contributed by atoms with Gasteiger partial charge in [0.15, 0.2) is 0 Å². The molecule has 70 valence electrons. The number of aryl methyl sites for hydroxylation is 1. The first-order chi connectivity index (χ1) is 6.24. The molecule has 0 bridgehead atoms. The second kappa shape index (κ2) is 5.00. The van der Waals surface area contributed by atoms with Gasteiger partial charge in [-0.15, -0.1) is 0 Å². The van der Waals surface area contributed by atoms with Gasteiger partial charge in [0.05, 0.1) is 0 Å². The molecule has 0 radical (unpaired) electrons. The Morgan fingerprint density at radius 2 is 2.38 bits per heavy atom. The summed E-state index contributed by atoms with van der Waals surface area (Å²) in [5.41, 5.74) is 2.09. The molecule has 1 aromatic heterocycles. The molecule has 0 aliphatic rings. The lowest BCUT2D eigenvalue weighted by Gasteiger charge is -1.97. The summed E-state index contributed by atoms with van der Waals surface area (Å²) < 4.78 is 0. The molecule has 0 unspecified atom stereocenters. The molecule has 0 aliphatic carbocycles. The van der Waals surface area contributed by atoms with E-state index in [4.69, 9.17) is 11.6 Å². The van der Waals surface area contributed by atoms with Crippen LogP contribution in [0.3, 0.4) is 0 Å². The van der Waals surface area contributed by atoms with Crippen LogP contribution in [-0.4, -0.2) is 18.6 Å². The molecule has 0 aliphatic heterocycles. The molecule has 1 heterocycles. The average molecular weight is 197 g/mol. The van der Waals surface area contributed by atoms with E-state index >= 15 is 0 Å². The molecule has 1 N–H and O–H groups in total. The topological polar surface area (TPSA) is 24.9 Å². The molecule has 0 fully saturated rings. The van der Waals surface area contributed by atoms with E-state index in [1.807, 2.05) is 32.2 Å². The Morgan fingerprint density at radius 1 is 1.62 bits per heavy atom. The maximum atomic E-state index is 5.79. The van der Waals surface area contributed by atoms with Crippen LogP contribution in [0.2, 0.25) is 5.15 Å². The van der Waals surface area contributed by atoms with E-state index < -0.39 is 0 Å². The van der Waals surface area contributed by atoms with Crippen LogP contribution in [0.4, 0.5) is 0 Å². The molecule has 2 nitrogen and oxygen atoms in total. The fraction of sp³-hybridized carbons (Fsp3) is 0.300. The van der Waals surface area contributed by atoms with Crippen molar-refractivity contribution >= 4 is 17.7 Å². The molecule has 0 saturated carbocycles. The van der Waals surface area contributed by atoms with Gasteiger partial charge < -0.3 is 5.32 Å². The largest absolute Gasteiger partial charge is 0.316 e. The van der Waals surface area contributed by atoms with Gasteiger partial charge in [0.1, 0.15) is 5.15 Å². The standard InChI is InChI=1S/C10H13ClN2/c1-8-6-9(4-3-5-12-2)7-13-10(8)11/h3-4,6-7,12H,5H2,1-2H3. The minimum atomic E-state index is 0.575. The van der Waals surface area contributed by atoms with Crippen molar-refractivity contribution in [1.82, 2.24) is 10.3 Å². The van der Waals surface area contributed by atoms with Crippen LogP contribution < -0.4 is 5.32 Å². The Balaban J connectivity index is 2.73. The highest BCUT2D eigenvalue weighted by Gasteiger charge is 1.95. The monoisotopic (exact) mass is 196 g/mol. The lowest BCUT2D eigenvalue weighted by molar-refractivity contribution is 0.922. The number of nitrogens with zero attached hydrogens (tertiary/aromatic N) is 1. The van der Waals surface area contributed by atoms with Crippen molar-refractivity contribution in [2.45, 2.75) is 6.92 Å². The molecular formula is C10H13ClN2. The Morgan fingerprint density at radius 3 is 3.00 bits per heavy atom. The third kappa shape index (κ3) is 3.17. The number of nitrogens with one attached hydrogen (secondary N) is 1. The molecule has 1 aromatic rings. The molecular weight excluding hydrogens is 184 g/mol.